The highest BCUT2D eigenvalue weighted by molar-refractivity contribution is 6.26. The highest BCUT2D eigenvalue weighted by atomic mass is 16.1. The van der Waals surface area contributed by atoms with E-state index in [0.29, 0.717) is 12.8 Å². The van der Waals surface area contributed by atoms with Gasteiger partial charge in [-0.05, 0) is 12.6 Å². The van der Waals surface area contributed by atoms with Gasteiger partial charge in [0.05, 0.1) is 6.21 Å². The second-order valence-electron chi connectivity index (χ2n) is 1.35. The molecule has 0 saturated heterocycles. The molecule has 0 aromatic carbocycles. The monoisotopic (exact) mass is 112 g/mol. The first-order chi connectivity index (χ1) is 3.81. The number of Topliss-reactive ketones (excluding diaryl/α,β-unsaturated/α-hetero) is 1. The van der Waals surface area contributed by atoms with Crippen LogP contribution in [0.5, 0.6) is 0 Å². The van der Waals surface area contributed by atoms with Crippen LogP contribution in [0, 0.1) is 10.8 Å². The minimum absolute atomic E-state index is 0.214. The molecule has 0 atom stereocenters. The standard InChI is InChI=1S/C5H8N2O/c6-3-1-2-5(8)4-7/h3-4,6-7H,1-2H2. The summed E-state index contributed by atoms with van der Waals surface area (Å²) >= 11 is 0. The number of nitrogens with one attached hydrogen (secondary N) is 2. The smallest absolute Gasteiger partial charge is 0.173 e. The van der Waals surface area contributed by atoms with E-state index in [1.165, 1.54) is 6.21 Å². The fraction of sp³-hybridized carbons (Fsp3) is 0.400. The molecule has 0 rings (SSSR count). The van der Waals surface area contributed by atoms with Crippen molar-refractivity contribution in [1.82, 2.24) is 0 Å². The first kappa shape index (κ1) is 7.01. The zero-order chi connectivity index (χ0) is 6.41. The maximum Gasteiger partial charge on any atom is 0.173 e. The van der Waals surface area contributed by atoms with Crippen molar-refractivity contribution < 1.29 is 4.79 Å². The third-order valence-corrected chi connectivity index (χ3v) is 0.696. The molecule has 0 bridgehead atoms. The maximum atomic E-state index is 10.2. The summed E-state index contributed by atoms with van der Waals surface area (Å²) in [6.07, 6.45) is 2.70. The first-order valence-corrected chi connectivity index (χ1v) is 2.33. The number of hydrogen-bond donors (Lipinski definition) is 2. The predicted octanol–water partition coefficient (Wildman–Crippen LogP) is 0.635. The van der Waals surface area contributed by atoms with E-state index in [1.54, 1.807) is 0 Å². The summed E-state index contributed by atoms with van der Waals surface area (Å²) in [4.78, 5) is 10.2. The normalized spacial score (nSPS) is 8.00. The molecule has 0 radical (unpaired) electrons. The second-order valence-corrected chi connectivity index (χ2v) is 1.35. The molecule has 44 valence electrons. The Hall–Kier alpha value is -0.990. The molecule has 0 saturated carbocycles. The Morgan fingerprint density at radius 3 is 2.50 bits per heavy atom. The molecule has 0 fully saturated rings. The Morgan fingerprint density at radius 1 is 1.50 bits per heavy atom. The van der Waals surface area contributed by atoms with Crippen molar-refractivity contribution in [1.29, 1.82) is 10.8 Å². The van der Waals surface area contributed by atoms with E-state index < -0.39 is 0 Å². The fourth-order valence-electron chi connectivity index (χ4n) is 0.287. The number of rotatable bonds is 4. The molecule has 3 nitrogen and oxygen atoms in total. The summed E-state index contributed by atoms with van der Waals surface area (Å²) in [6, 6.07) is 0. The zero-order valence-electron chi connectivity index (χ0n) is 4.48. The van der Waals surface area contributed by atoms with E-state index >= 15 is 0 Å². The van der Waals surface area contributed by atoms with Crippen molar-refractivity contribution in [2.24, 2.45) is 0 Å². The average molecular weight is 112 g/mol. The average Bonchev–Trinajstić information content (AvgIpc) is 1.83. The lowest BCUT2D eigenvalue weighted by atomic mass is 10.2. The van der Waals surface area contributed by atoms with Crippen molar-refractivity contribution >= 4 is 18.2 Å². The van der Waals surface area contributed by atoms with Crippen LogP contribution >= 0.6 is 0 Å². The summed E-state index contributed by atoms with van der Waals surface area (Å²) in [5.74, 6) is -0.214. The summed E-state index contributed by atoms with van der Waals surface area (Å²) in [7, 11) is 0. The Morgan fingerprint density at radius 2 is 2.12 bits per heavy atom. The lowest BCUT2D eigenvalue weighted by Gasteiger charge is -1.83. The van der Waals surface area contributed by atoms with E-state index in [9.17, 15) is 4.79 Å². The Kier molecular flexibility index (Phi) is 3.66. The van der Waals surface area contributed by atoms with Gasteiger partial charge in [0.2, 0.25) is 0 Å². The lowest BCUT2D eigenvalue weighted by Crippen LogP contribution is -1.96. The van der Waals surface area contributed by atoms with Crippen LogP contribution in [0.3, 0.4) is 0 Å². The summed E-state index contributed by atoms with van der Waals surface area (Å²) < 4.78 is 0. The van der Waals surface area contributed by atoms with Gasteiger partial charge in [-0.1, -0.05) is 0 Å². The number of carbonyl (C=O) groups is 1. The molecule has 0 aromatic rings. The topological polar surface area (TPSA) is 64.8 Å². The van der Waals surface area contributed by atoms with Gasteiger partial charge in [-0.2, -0.15) is 0 Å². The largest absolute Gasteiger partial charge is 0.313 e. The molecule has 0 aromatic heterocycles. The molecule has 0 aliphatic carbocycles. The third-order valence-electron chi connectivity index (χ3n) is 0.696. The Balaban J connectivity index is 3.24. The van der Waals surface area contributed by atoms with Gasteiger partial charge in [0.25, 0.3) is 0 Å². The summed E-state index contributed by atoms with van der Waals surface area (Å²) in [6.45, 7) is 0. The number of carbonyl (C=O) groups excluding carboxylic acids is 1. The fourth-order valence-corrected chi connectivity index (χ4v) is 0.287. The molecule has 0 unspecified atom stereocenters. The van der Waals surface area contributed by atoms with Crippen LogP contribution in [0.25, 0.3) is 0 Å². The van der Waals surface area contributed by atoms with Crippen LogP contribution in [0.2, 0.25) is 0 Å². The third kappa shape index (κ3) is 3.21. The number of hydrogen-bond acceptors (Lipinski definition) is 3. The van der Waals surface area contributed by atoms with Crippen LogP contribution in [-0.4, -0.2) is 18.2 Å². The van der Waals surface area contributed by atoms with Crippen molar-refractivity contribution in [3.05, 3.63) is 0 Å². The van der Waals surface area contributed by atoms with Gasteiger partial charge in [-0.25, -0.2) is 0 Å². The van der Waals surface area contributed by atoms with Crippen molar-refractivity contribution in [3.8, 4) is 0 Å². The molecule has 3 heteroatoms. The second kappa shape index (κ2) is 4.18. The van der Waals surface area contributed by atoms with Crippen LogP contribution in [0.4, 0.5) is 0 Å². The molecular formula is C5H8N2O. The highest BCUT2D eigenvalue weighted by Crippen LogP contribution is 1.82. The van der Waals surface area contributed by atoms with E-state index in [1.807, 2.05) is 0 Å². The molecule has 0 spiro atoms. The predicted molar refractivity (Wildman–Crippen MR) is 31.8 cm³/mol. The minimum atomic E-state index is -0.214. The highest BCUT2D eigenvalue weighted by Gasteiger charge is 1.91. The Labute approximate surface area is 47.7 Å². The van der Waals surface area contributed by atoms with Gasteiger partial charge >= 0.3 is 0 Å². The zero-order valence-corrected chi connectivity index (χ0v) is 4.48. The van der Waals surface area contributed by atoms with Gasteiger partial charge in [-0.3, -0.25) is 4.79 Å². The quantitative estimate of drug-likeness (QED) is 0.515. The van der Waals surface area contributed by atoms with E-state index in [-0.39, 0.29) is 5.78 Å². The lowest BCUT2D eigenvalue weighted by molar-refractivity contribution is -0.112. The van der Waals surface area contributed by atoms with Crippen LogP contribution in [0.1, 0.15) is 12.8 Å². The molecule has 0 amide bonds. The van der Waals surface area contributed by atoms with Gasteiger partial charge in [0, 0.05) is 6.42 Å². The van der Waals surface area contributed by atoms with Gasteiger partial charge in [0.15, 0.2) is 5.78 Å². The van der Waals surface area contributed by atoms with Gasteiger partial charge in [-0.15, -0.1) is 0 Å². The molecule has 0 aliphatic rings. The van der Waals surface area contributed by atoms with E-state index in [0.717, 1.165) is 6.21 Å². The molecule has 0 aliphatic heterocycles. The van der Waals surface area contributed by atoms with Gasteiger partial charge < -0.3 is 10.8 Å². The Bertz CT molecular complexity index is 109. The van der Waals surface area contributed by atoms with Gasteiger partial charge in [0.1, 0.15) is 0 Å². The molecule has 2 N–H and O–H groups in total. The maximum absolute atomic E-state index is 10.2. The van der Waals surface area contributed by atoms with E-state index in [4.69, 9.17) is 10.8 Å². The molecular weight excluding hydrogens is 104 g/mol. The van der Waals surface area contributed by atoms with Crippen molar-refractivity contribution in [2.45, 2.75) is 12.8 Å². The van der Waals surface area contributed by atoms with Crippen LogP contribution in [-0.2, 0) is 4.79 Å². The number of ketones is 1. The van der Waals surface area contributed by atoms with Crippen molar-refractivity contribution in [2.75, 3.05) is 0 Å². The molecule has 0 heterocycles. The van der Waals surface area contributed by atoms with Crippen molar-refractivity contribution in [3.63, 3.8) is 0 Å². The SMILES string of the molecule is N=CCCC(=O)C=N. The van der Waals surface area contributed by atoms with E-state index in [2.05, 4.69) is 0 Å². The van der Waals surface area contributed by atoms with Crippen LogP contribution in [0.15, 0.2) is 0 Å². The summed E-state index contributed by atoms with van der Waals surface area (Å²) in [5.41, 5.74) is 0. The minimum Gasteiger partial charge on any atom is -0.313 e. The molecule has 8 heavy (non-hydrogen) atoms. The van der Waals surface area contributed by atoms with Crippen LogP contribution < -0.4 is 0 Å². The summed E-state index contributed by atoms with van der Waals surface area (Å²) in [5, 5.41) is 13.0. The first-order valence-electron chi connectivity index (χ1n) is 2.33.